The first kappa shape index (κ1) is 11.2. The monoisotopic (exact) mass is 224 g/mol. The van der Waals surface area contributed by atoms with Gasteiger partial charge in [-0.15, -0.1) is 0 Å². The van der Waals surface area contributed by atoms with Crippen LogP contribution in [0.2, 0.25) is 0 Å². The lowest BCUT2D eigenvalue weighted by Gasteiger charge is -2.07. The van der Waals surface area contributed by atoms with Gasteiger partial charge in [0.2, 0.25) is 0 Å². The molecular formula is C14H12N2O. The minimum Gasteiger partial charge on any atom is -0.295 e. The fourth-order valence-electron chi connectivity index (χ4n) is 1.64. The molecule has 0 amide bonds. The van der Waals surface area contributed by atoms with Crippen molar-refractivity contribution in [2.45, 2.75) is 6.42 Å². The molecule has 0 aliphatic carbocycles. The van der Waals surface area contributed by atoms with Gasteiger partial charge in [-0.3, -0.25) is 14.8 Å². The number of carbonyl (C=O) groups excluding carboxylic acids is 1. The molecule has 3 nitrogen and oxygen atoms in total. The standard InChI is InChI=1S/C14H12N2O/c1-2-13(17)9-12-10-16-8-5-14(12)11-3-6-15-7-4-11/h2-8,10H,1,9H2. The highest BCUT2D eigenvalue weighted by Gasteiger charge is 2.07. The van der Waals surface area contributed by atoms with Crippen LogP contribution >= 0.6 is 0 Å². The topological polar surface area (TPSA) is 42.9 Å². The summed E-state index contributed by atoms with van der Waals surface area (Å²) in [4.78, 5) is 19.4. The largest absolute Gasteiger partial charge is 0.295 e. The zero-order chi connectivity index (χ0) is 12.1. The third-order valence-corrected chi connectivity index (χ3v) is 2.49. The smallest absolute Gasteiger partial charge is 0.159 e. The molecule has 0 N–H and O–H groups in total. The SMILES string of the molecule is C=CC(=O)Cc1cnccc1-c1ccncc1. The van der Waals surface area contributed by atoms with Crippen molar-refractivity contribution in [1.82, 2.24) is 9.97 Å². The van der Waals surface area contributed by atoms with E-state index in [4.69, 9.17) is 0 Å². The van der Waals surface area contributed by atoms with Gasteiger partial charge in [-0.2, -0.15) is 0 Å². The van der Waals surface area contributed by atoms with Gasteiger partial charge < -0.3 is 0 Å². The van der Waals surface area contributed by atoms with Crippen LogP contribution in [0.3, 0.4) is 0 Å². The van der Waals surface area contributed by atoms with Crippen molar-refractivity contribution in [3.63, 3.8) is 0 Å². The quantitative estimate of drug-likeness (QED) is 0.749. The molecule has 17 heavy (non-hydrogen) atoms. The maximum absolute atomic E-state index is 11.4. The number of carbonyl (C=O) groups is 1. The number of hydrogen-bond acceptors (Lipinski definition) is 3. The summed E-state index contributed by atoms with van der Waals surface area (Å²) in [7, 11) is 0. The van der Waals surface area contributed by atoms with E-state index in [1.165, 1.54) is 6.08 Å². The van der Waals surface area contributed by atoms with Crippen molar-refractivity contribution in [1.29, 1.82) is 0 Å². The van der Waals surface area contributed by atoms with E-state index in [1.54, 1.807) is 24.8 Å². The van der Waals surface area contributed by atoms with E-state index < -0.39 is 0 Å². The first-order valence-electron chi connectivity index (χ1n) is 5.30. The van der Waals surface area contributed by atoms with E-state index in [9.17, 15) is 4.79 Å². The lowest BCUT2D eigenvalue weighted by Crippen LogP contribution is -2.00. The van der Waals surface area contributed by atoms with Crippen molar-refractivity contribution in [3.05, 3.63) is 61.2 Å². The molecule has 0 unspecified atom stereocenters. The second kappa shape index (κ2) is 5.16. The Morgan fingerprint density at radius 1 is 1.18 bits per heavy atom. The van der Waals surface area contributed by atoms with Gasteiger partial charge in [-0.25, -0.2) is 0 Å². The molecule has 2 aromatic rings. The highest BCUT2D eigenvalue weighted by Crippen LogP contribution is 2.22. The van der Waals surface area contributed by atoms with Gasteiger partial charge in [0.1, 0.15) is 0 Å². The third-order valence-electron chi connectivity index (χ3n) is 2.49. The minimum absolute atomic E-state index is 0.00620. The number of pyridine rings is 2. The zero-order valence-electron chi connectivity index (χ0n) is 9.34. The molecule has 2 rings (SSSR count). The van der Waals surface area contributed by atoms with Crippen molar-refractivity contribution in [3.8, 4) is 11.1 Å². The van der Waals surface area contributed by atoms with Crippen LogP contribution in [0.5, 0.6) is 0 Å². The number of nitrogens with zero attached hydrogens (tertiary/aromatic N) is 2. The second-order valence-electron chi connectivity index (χ2n) is 3.62. The van der Waals surface area contributed by atoms with Crippen LogP contribution in [0.4, 0.5) is 0 Å². The molecule has 0 radical (unpaired) electrons. The summed E-state index contributed by atoms with van der Waals surface area (Å²) in [6.45, 7) is 3.48. The Hall–Kier alpha value is -2.29. The molecule has 0 aromatic carbocycles. The highest BCUT2D eigenvalue weighted by molar-refractivity contribution is 5.92. The zero-order valence-corrected chi connectivity index (χ0v) is 9.34. The molecule has 0 saturated carbocycles. The molecule has 2 aromatic heterocycles. The van der Waals surface area contributed by atoms with Gasteiger partial charge in [-0.1, -0.05) is 6.58 Å². The van der Waals surface area contributed by atoms with E-state index in [0.29, 0.717) is 6.42 Å². The van der Waals surface area contributed by atoms with E-state index in [-0.39, 0.29) is 5.78 Å². The Morgan fingerprint density at radius 3 is 2.59 bits per heavy atom. The van der Waals surface area contributed by atoms with E-state index in [2.05, 4.69) is 16.5 Å². The number of rotatable bonds is 4. The maximum Gasteiger partial charge on any atom is 0.159 e. The molecule has 0 fully saturated rings. The Labute approximate surface area is 99.9 Å². The van der Waals surface area contributed by atoms with E-state index in [0.717, 1.165) is 16.7 Å². The number of allylic oxidation sites excluding steroid dienone is 1. The van der Waals surface area contributed by atoms with Gasteiger partial charge in [0, 0.05) is 31.2 Å². The third kappa shape index (κ3) is 2.64. The molecule has 0 atom stereocenters. The average Bonchev–Trinajstić information content (AvgIpc) is 2.40. The molecule has 0 aliphatic rings. The minimum atomic E-state index is -0.00620. The van der Waals surface area contributed by atoms with Crippen LogP contribution in [0, 0.1) is 0 Å². The summed E-state index contributed by atoms with van der Waals surface area (Å²) in [5.74, 6) is -0.00620. The predicted octanol–water partition coefficient (Wildman–Crippen LogP) is 2.44. The predicted molar refractivity (Wildman–Crippen MR) is 66.4 cm³/mol. The highest BCUT2D eigenvalue weighted by atomic mass is 16.1. The Morgan fingerprint density at radius 2 is 1.88 bits per heavy atom. The van der Waals surface area contributed by atoms with Gasteiger partial charge in [0.05, 0.1) is 0 Å². The molecule has 2 heterocycles. The van der Waals surface area contributed by atoms with Gasteiger partial charge >= 0.3 is 0 Å². The van der Waals surface area contributed by atoms with Crippen LogP contribution in [-0.2, 0) is 11.2 Å². The summed E-state index contributed by atoms with van der Waals surface area (Å²) in [5, 5.41) is 0. The van der Waals surface area contributed by atoms with Crippen LogP contribution < -0.4 is 0 Å². The summed E-state index contributed by atoms with van der Waals surface area (Å²) < 4.78 is 0. The summed E-state index contributed by atoms with van der Waals surface area (Å²) in [5.41, 5.74) is 2.95. The summed E-state index contributed by atoms with van der Waals surface area (Å²) in [6, 6.07) is 5.73. The molecule has 0 spiro atoms. The van der Waals surface area contributed by atoms with Crippen LogP contribution in [0.1, 0.15) is 5.56 Å². The fourth-order valence-corrected chi connectivity index (χ4v) is 1.64. The van der Waals surface area contributed by atoms with Crippen LogP contribution in [0.15, 0.2) is 55.6 Å². The molecule has 0 bridgehead atoms. The van der Waals surface area contributed by atoms with Gasteiger partial charge in [0.15, 0.2) is 5.78 Å². The van der Waals surface area contributed by atoms with Crippen molar-refractivity contribution in [2.75, 3.05) is 0 Å². The molecule has 0 aliphatic heterocycles. The van der Waals surface area contributed by atoms with Crippen molar-refractivity contribution < 1.29 is 4.79 Å². The molecule has 84 valence electrons. The normalized spacial score (nSPS) is 9.88. The van der Waals surface area contributed by atoms with Gasteiger partial charge in [-0.05, 0) is 41.0 Å². The second-order valence-corrected chi connectivity index (χ2v) is 3.62. The van der Waals surface area contributed by atoms with Crippen molar-refractivity contribution >= 4 is 5.78 Å². The average molecular weight is 224 g/mol. The van der Waals surface area contributed by atoms with E-state index in [1.807, 2.05) is 18.2 Å². The summed E-state index contributed by atoms with van der Waals surface area (Å²) >= 11 is 0. The van der Waals surface area contributed by atoms with Crippen LogP contribution in [-0.4, -0.2) is 15.8 Å². The number of ketones is 1. The Balaban J connectivity index is 2.41. The van der Waals surface area contributed by atoms with Crippen molar-refractivity contribution in [2.24, 2.45) is 0 Å². The first-order valence-corrected chi connectivity index (χ1v) is 5.30. The number of hydrogen-bond donors (Lipinski definition) is 0. The fraction of sp³-hybridized carbons (Fsp3) is 0.0714. The number of aromatic nitrogens is 2. The maximum atomic E-state index is 11.4. The molecule has 0 saturated heterocycles. The lowest BCUT2D eigenvalue weighted by atomic mass is 9.99. The lowest BCUT2D eigenvalue weighted by molar-refractivity contribution is -0.114. The summed E-state index contributed by atoms with van der Waals surface area (Å²) in [6.07, 6.45) is 8.57. The Kier molecular flexibility index (Phi) is 3.40. The Bertz CT molecular complexity index is 535. The van der Waals surface area contributed by atoms with Crippen LogP contribution in [0.25, 0.3) is 11.1 Å². The molecule has 3 heteroatoms. The van der Waals surface area contributed by atoms with E-state index >= 15 is 0 Å². The molecular weight excluding hydrogens is 212 g/mol. The van der Waals surface area contributed by atoms with Gasteiger partial charge in [0.25, 0.3) is 0 Å². The first-order chi connectivity index (χ1) is 8.31.